The molecule has 1 amide bonds. The van der Waals surface area contributed by atoms with Crippen LogP contribution < -0.4 is 21.3 Å². The molecule has 114 valence electrons. The number of nitrogens with two attached hydrogens (primary N) is 1. The number of H-pyrrole nitrogens is 1. The van der Waals surface area contributed by atoms with E-state index in [1.165, 1.54) is 6.20 Å². The Kier molecular flexibility index (Phi) is 3.46. The summed E-state index contributed by atoms with van der Waals surface area (Å²) in [6.07, 6.45) is 2.64. The number of pyridine rings is 1. The smallest absolute Gasteiger partial charge is 0.271 e. The van der Waals surface area contributed by atoms with Gasteiger partial charge in [-0.05, 0) is 42.2 Å². The Bertz CT molecular complexity index is 784. The first-order chi connectivity index (χ1) is 10.6. The third-order valence-electron chi connectivity index (χ3n) is 4.07. The van der Waals surface area contributed by atoms with Gasteiger partial charge in [0.05, 0.1) is 7.11 Å². The van der Waals surface area contributed by atoms with E-state index in [1.54, 1.807) is 19.2 Å². The van der Waals surface area contributed by atoms with Gasteiger partial charge in [-0.3, -0.25) is 9.59 Å². The van der Waals surface area contributed by atoms with Crippen LogP contribution in [0.5, 0.6) is 5.75 Å². The third-order valence-corrected chi connectivity index (χ3v) is 4.07. The number of carbonyl (C=O) groups is 1. The van der Waals surface area contributed by atoms with Gasteiger partial charge in [0.2, 0.25) is 5.91 Å². The van der Waals surface area contributed by atoms with E-state index in [0.717, 1.165) is 16.9 Å². The highest BCUT2D eigenvalue weighted by Gasteiger charge is 2.43. The Morgan fingerprint density at radius 3 is 2.91 bits per heavy atom. The zero-order valence-electron chi connectivity index (χ0n) is 12.2. The van der Waals surface area contributed by atoms with Crippen molar-refractivity contribution < 1.29 is 9.53 Å². The molecule has 1 aromatic carbocycles. The molecule has 1 heterocycles. The molecule has 0 spiro atoms. The van der Waals surface area contributed by atoms with Crippen LogP contribution in [-0.2, 0) is 16.8 Å². The SMILES string of the molecule is COc1cccc2c1CCC2(N)C(=O)Nc1ccc[nH]c1=O. The molecule has 1 aromatic heterocycles. The van der Waals surface area contributed by atoms with Crippen LogP contribution in [0.1, 0.15) is 17.5 Å². The maximum Gasteiger partial charge on any atom is 0.271 e. The van der Waals surface area contributed by atoms with Gasteiger partial charge < -0.3 is 20.8 Å². The minimum Gasteiger partial charge on any atom is -0.496 e. The summed E-state index contributed by atoms with van der Waals surface area (Å²) in [6, 6.07) is 8.69. The Labute approximate surface area is 127 Å². The second kappa shape index (κ2) is 5.31. The van der Waals surface area contributed by atoms with Crippen molar-refractivity contribution in [1.82, 2.24) is 4.98 Å². The molecular weight excluding hydrogens is 282 g/mol. The summed E-state index contributed by atoms with van der Waals surface area (Å²) in [5.74, 6) is 0.339. The summed E-state index contributed by atoms with van der Waals surface area (Å²) in [6.45, 7) is 0. The van der Waals surface area contributed by atoms with E-state index in [4.69, 9.17) is 10.5 Å². The maximum atomic E-state index is 12.6. The highest BCUT2D eigenvalue weighted by Crippen LogP contribution is 2.40. The van der Waals surface area contributed by atoms with E-state index in [0.29, 0.717) is 12.8 Å². The van der Waals surface area contributed by atoms with Crippen LogP contribution >= 0.6 is 0 Å². The third kappa shape index (κ3) is 2.17. The molecule has 3 rings (SSSR count). The number of fused-ring (bicyclic) bond motifs is 1. The summed E-state index contributed by atoms with van der Waals surface area (Å²) in [4.78, 5) is 26.8. The van der Waals surface area contributed by atoms with Gasteiger partial charge in [0, 0.05) is 6.20 Å². The lowest BCUT2D eigenvalue weighted by Crippen LogP contribution is -2.47. The lowest BCUT2D eigenvalue weighted by atomic mass is 9.91. The Hall–Kier alpha value is -2.60. The first-order valence-electron chi connectivity index (χ1n) is 7.00. The van der Waals surface area contributed by atoms with Crippen molar-refractivity contribution in [2.75, 3.05) is 12.4 Å². The highest BCUT2D eigenvalue weighted by molar-refractivity contribution is 5.99. The van der Waals surface area contributed by atoms with E-state index in [-0.39, 0.29) is 11.2 Å². The molecule has 0 saturated heterocycles. The lowest BCUT2D eigenvalue weighted by molar-refractivity contribution is -0.121. The summed E-state index contributed by atoms with van der Waals surface area (Å²) in [5, 5.41) is 2.62. The first kappa shape index (κ1) is 14.3. The number of ether oxygens (including phenoxy) is 1. The standard InChI is InChI=1S/C16H17N3O3/c1-22-13-6-2-4-11-10(13)7-8-16(11,17)15(21)19-12-5-3-9-18-14(12)20/h2-6,9H,7-8,17H2,1H3,(H,18,20)(H,19,21). The first-order valence-corrected chi connectivity index (χ1v) is 7.00. The van der Waals surface area contributed by atoms with Gasteiger partial charge in [-0.15, -0.1) is 0 Å². The van der Waals surface area contributed by atoms with E-state index in [1.807, 2.05) is 18.2 Å². The normalized spacial score (nSPS) is 19.5. The van der Waals surface area contributed by atoms with Crippen LogP contribution in [0.15, 0.2) is 41.3 Å². The van der Waals surface area contributed by atoms with Crippen LogP contribution in [0.4, 0.5) is 5.69 Å². The van der Waals surface area contributed by atoms with Crippen LogP contribution in [0.2, 0.25) is 0 Å². The number of aromatic amines is 1. The van der Waals surface area contributed by atoms with E-state index in [9.17, 15) is 9.59 Å². The fourth-order valence-electron chi connectivity index (χ4n) is 2.88. The number of amides is 1. The van der Waals surface area contributed by atoms with E-state index in [2.05, 4.69) is 10.3 Å². The van der Waals surface area contributed by atoms with Gasteiger partial charge in [-0.2, -0.15) is 0 Å². The average Bonchev–Trinajstić information content (AvgIpc) is 2.88. The molecule has 6 nitrogen and oxygen atoms in total. The molecule has 0 aliphatic heterocycles. The molecule has 1 aliphatic carbocycles. The zero-order chi connectivity index (χ0) is 15.7. The van der Waals surface area contributed by atoms with Gasteiger partial charge in [-0.25, -0.2) is 0 Å². The average molecular weight is 299 g/mol. The molecular formula is C16H17N3O3. The van der Waals surface area contributed by atoms with Crippen molar-refractivity contribution in [3.63, 3.8) is 0 Å². The van der Waals surface area contributed by atoms with Crippen LogP contribution in [0.3, 0.4) is 0 Å². The molecule has 0 radical (unpaired) electrons. The summed E-state index contributed by atoms with van der Waals surface area (Å²) in [7, 11) is 1.59. The van der Waals surface area contributed by atoms with E-state index >= 15 is 0 Å². The monoisotopic (exact) mass is 299 g/mol. The maximum absolute atomic E-state index is 12.6. The number of methoxy groups -OCH3 is 1. The summed E-state index contributed by atoms with van der Waals surface area (Å²) < 4.78 is 5.33. The van der Waals surface area contributed by atoms with Crippen LogP contribution in [-0.4, -0.2) is 18.0 Å². The fourth-order valence-corrected chi connectivity index (χ4v) is 2.88. The van der Waals surface area contributed by atoms with Crippen molar-refractivity contribution in [2.24, 2.45) is 5.73 Å². The number of anilines is 1. The lowest BCUT2D eigenvalue weighted by Gasteiger charge is -2.24. The van der Waals surface area contributed by atoms with Crippen molar-refractivity contribution in [3.8, 4) is 5.75 Å². The van der Waals surface area contributed by atoms with Crippen molar-refractivity contribution in [2.45, 2.75) is 18.4 Å². The predicted molar refractivity (Wildman–Crippen MR) is 82.9 cm³/mol. The number of hydrogen-bond donors (Lipinski definition) is 3. The quantitative estimate of drug-likeness (QED) is 0.791. The van der Waals surface area contributed by atoms with Gasteiger partial charge in [0.1, 0.15) is 17.0 Å². The van der Waals surface area contributed by atoms with Gasteiger partial charge >= 0.3 is 0 Å². The van der Waals surface area contributed by atoms with E-state index < -0.39 is 11.4 Å². The molecule has 1 unspecified atom stereocenters. The Morgan fingerprint density at radius 1 is 1.36 bits per heavy atom. The van der Waals surface area contributed by atoms with Crippen molar-refractivity contribution >= 4 is 11.6 Å². The molecule has 0 saturated carbocycles. The predicted octanol–water partition coefficient (Wildman–Crippen LogP) is 1.12. The fraction of sp³-hybridized carbons (Fsp3) is 0.250. The number of rotatable bonds is 3. The molecule has 1 atom stereocenters. The van der Waals surface area contributed by atoms with Crippen LogP contribution in [0, 0.1) is 0 Å². The Balaban J connectivity index is 1.95. The molecule has 2 aromatic rings. The summed E-state index contributed by atoms with van der Waals surface area (Å²) >= 11 is 0. The number of hydrogen-bond acceptors (Lipinski definition) is 4. The molecule has 0 bridgehead atoms. The van der Waals surface area contributed by atoms with Gasteiger partial charge in [0.15, 0.2) is 0 Å². The minimum atomic E-state index is -1.16. The molecule has 6 heteroatoms. The molecule has 4 N–H and O–H groups in total. The topological polar surface area (TPSA) is 97.2 Å². The van der Waals surface area contributed by atoms with Crippen LogP contribution in [0.25, 0.3) is 0 Å². The second-order valence-electron chi connectivity index (χ2n) is 5.32. The molecule has 22 heavy (non-hydrogen) atoms. The number of nitrogens with one attached hydrogen (secondary N) is 2. The molecule has 0 fully saturated rings. The number of benzene rings is 1. The number of aromatic nitrogens is 1. The zero-order valence-corrected chi connectivity index (χ0v) is 12.2. The van der Waals surface area contributed by atoms with Crippen molar-refractivity contribution in [3.05, 3.63) is 58.0 Å². The van der Waals surface area contributed by atoms with Crippen molar-refractivity contribution in [1.29, 1.82) is 0 Å². The number of carbonyl (C=O) groups excluding carboxylic acids is 1. The van der Waals surface area contributed by atoms with Gasteiger partial charge in [-0.1, -0.05) is 12.1 Å². The second-order valence-corrected chi connectivity index (χ2v) is 5.32. The molecule has 1 aliphatic rings. The minimum absolute atomic E-state index is 0.189. The Morgan fingerprint density at radius 2 is 2.18 bits per heavy atom. The van der Waals surface area contributed by atoms with Gasteiger partial charge in [0.25, 0.3) is 5.56 Å². The highest BCUT2D eigenvalue weighted by atomic mass is 16.5. The summed E-state index contributed by atoms with van der Waals surface area (Å²) in [5.41, 5.74) is 6.72. The largest absolute Gasteiger partial charge is 0.496 e.